The summed E-state index contributed by atoms with van der Waals surface area (Å²) in [7, 11) is 0. The van der Waals surface area contributed by atoms with E-state index in [-0.39, 0.29) is 11.9 Å². The molecule has 0 aromatic heterocycles. The molecule has 5 heteroatoms. The Kier molecular flexibility index (Phi) is 4.53. The van der Waals surface area contributed by atoms with E-state index in [4.69, 9.17) is 33.7 Å². The van der Waals surface area contributed by atoms with Gasteiger partial charge >= 0.3 is 0 Å². The van der Waals surface area contributed by atoms with Crippen molar-refractivity contribution in [3.05, 3.63) is 57.3 Å². The molecule has 106 valence electrons. The van der Waals surface area contributed by atoms with Crippen LogP contribution in [0.15, 0.2) is 30.3 Å². The molecule has 2 N–H and O–H groups in total. The highest BCUT2D eigenvalue weighted by atomic mass is 35.5. The average Bonchev–Trinajstić information content (AvgIpc) is 2.38. The van der Waals surface area contributed by atoms with Gasteiger partial charge < -0.3 is 10.5 Å². The van der Waals surface area contributed by atoms with Gasteiger partial charge in [-0.1, -0.05) is 29.3 Å². The van der Waals surface area contributed by atoms with Gasteiger partial charge in [0.25, 0.3) is 0 Å². The summed E-state index contributed by atoms with van der Waals surface area (Å²) < 4.78 is 19.4. The Morgan fingerprint density at radius 1 is 1.20 bits per heavy atom. The van der Waals surface area contributed by atoms with Crippen LogP contribution in [-0.2, 0) is 0 Å². The van der Waals surface area contributed by atoms with Crippen LogP contribution in [0.4, 0.5) is 4.39 Å². The first-order chi connectivity index (χ1) is 9.40. The number of rotatable bonds is 3. The van der Waals surface area contributed by atoms with Crippen molar-refractivity contribution in [1.29, 1.82) is 0 Å². The molecule has 2 rings (SSSR count). The third-order valence-electron chi connectivity index (χ3n) is 2.92. The standard InChI is InChI=1S/C15H14Cl2FNO/c1-8-6-14(10(9(2)19)7-12(8)18)20-13-5-3-4-11(16)15(13)17/h3-7,9H,19H2,1-2H3/t9-/m0/s1. The van der Waals surface area contributed by atoms with Crippen molar-refractivity contribution >= 4 is 23.2 Å². The second-order valence-corrected chi connectivity index (χ2v) is 5.37. The highest BCUT2D eigenvalue weighted by molar-refractivity contribution is 6.42. The largest absolute Gasteiger partial charge is 0.455 e. The summed E-state index contributed by atoms with van der Waals surface area (Å²) in [5, 5.41) is 0.706. The lowest BCUT2D eigenvalue weighted by molar-refractivity contribution is 0.468. The van der Waals surface area contributed by atoms with Crippen LogP contribution < -0.4 is 10.5 Å². The van der Waals surface area contributed by atoms with Crippen LogP contribution in [0.25, 0.3) is 0 Å². The van der Waals surface area contributed by atoms with E-state index < -0.39 is 0 Å². The zero-order valence-electron chi connectivity index (χ0n) is 11.1. The maximum absolute atomic E-state index is 13.6. The van der Waals surface area contributed by atoms with Crippen molar-refractivity contribution in [2.45, 2.75) is 19.9 Å². The van der Waals surface area contributed by atoms with Gasteiger partial charge in [0.1, 0.15) is 22.3 Å². The first kappa shape index (κ1) is 15.1. The van der Waals surface area contributed by atoms with Crippen LogP contribution in [-0.4, -0.2) is 0 Å². The molecular formula is C15H14Cl2FNO. The third kappa shape index (κ3) is 3.06. The van der Waals surface area contributed by atoms with Crippen LogP contribution in [0.2, 0.25) is 10.0 Å². The molecule has 0 saturated heterocycles. The molecule has 0 heterocycles. The van der Waals surface area contributed by atoms with Crippen molar-refractivity contribution in [1.82, 2.24) is 0 Å². The first-order valence-electron chi connectivity index (χ1n) is 6.07. The lowest BCUT2D eigenvalue weighted by Gasteiger charge is -2.16. The van der Waals surface area contributed by atoms with Gasteiger partial charge in [0, 0.05) is 11.6 Å². The van der Waals surface area contributed by atoms with Crippen LogP contribution in [0.1, 0.15) is 24.1 Å². The van der Waals surface area contributed by atoms with Crippen molar-refractivity contribution in [3.8, 4) is 11.5 Å². The van der Waals surface area contributed by atoms with Crippen LogP contribution in [0, 0.1) is 12.7 Å². The fourth-order valence-electron chi connectivity index (χ4n) is 1.80. The minimum Gasteiger partial charge on any atom is -0.455 e. The molecule has 0 amide bonds. The monoisotopic (exact) mass is 313 g/mol. The molecule has 0 aliphatic rings. The minimum absolute atomic E-state index is 0.312. The van der Waals surface area contributed by atoms with Gasteiger partial charge in [0.05, 0.1) is 5.02 Å². The molecule has 20 heavy (non-hydrogen) atoms. The molecule has 2 aromatic carbocycles. The predicted molar refractivity (Wildman–Crippen MR) is 80.3 cm³/mol. The number of benzene rings is 2. The lowest BCUT2D eigenvalue weighted by Crippen LogP contribution is -2.08. The zero-order valence-corrected chi connectivity index (χ0v) is 12.6. The smallest absolute Gasteiger partial charge is 0.147 e. The van der Waals surface area contributed by atoms with Crippen LogP contribution in [0.5, 0.6) is 11.5 Å². The maximum atomic E-state index is 13.6. The van der Waals surface area contributed by atoms with E-state index in [1.807, 2.05) is 0 Å². The van der Waals surface area contributed by atoms with Gasteiger partial charge in [-0.2, -0.15) is 0 Å². The van der Waals surface area contributed by atoms with Gasteiger partial charge in [0.15, 0.2) is 0 Å². The molecule has 0 unspecified atom stereocenters. The van der Waals surface area contributed by atoms with Crippen LogP contribution in [0.3, 0.4) is 0 Å². The van der Waals surface area contributed by atoms with Crippen molar-refractivity contribution in [2.24, 2.45) is 5.73 Å². The molecule has 0 bridgehead atoms. The quantitative estimate of drug-likeness (QED) is 0.839. The van der Waals surface area contributed by atoms with E-state index in [1.165, 1.54) is 6.07 Å². The zero-order chi connectivity index (χ0) is 14.9. The normalized spacial score (nSPS) is 12.3. The maximum Gasteiger partial charge on any atom is 0.147 e. The second-order valence-electron chi connectivity index (χ2n) is 4.58. The van der Waals surface area contributed by atoms with E-state index in [0.717, 1.165) is 0 Å². The fraction of sp³-hybridized carbons (Fsp3) is 0.200. The number of ether oxygens (including phenoxy) is 1. The van der Waals surface area contributed by atoms with Crippen molar-refractivity contribution in [3.63, 3.8) is 0 Å². The Labute approximate surface area is 127 Å². The topological polar surface area (TPSA) is 35.2 Å². The summed E-state index contributed by atoms with van der Waals surface area (Å²) in [6, 6.07) is 7.71. The molecular weight excluding hydrogens is 300 g/mol. The molecule has 0 radical (unpaired) electrons. The molecule has 0 aliphatic heterocycles. The van der Waals surface area contributed by atoms with E-state index in [1.54, 1.807) is 38.1 Å². The summed E-state index contributed by atoms with van der Waals surface area (Å²) in [6.07, 6.45) is 0. The highest BCUT2D eigenvalue weighted by Gasteiger charge is 2.15. The molecule has 1 atom stereocenters. The molecule has 2 nitrogen and oxygen atoms in total. The van der Waals surface area contributed by atoms with Crippen LogP contribution >= 0.6 is 23.2 Å². The van der Waals surface area contributed by atoms with Crippen molar-refractivity contribution in [2.75, 3.05) is 0 Å². The van der Waals surface area contributed by atoms with Gasteiger partial charge in [-0.3, -0.25) is 0 Å². The number of aryl methyl sites for hydroxylation is 1. The number of nitrogens with two attached hydrogens (primary N) is 1. The van der Waals surface area contributed by atoms with E-state index >= 15 is 0 Å². The Bertz CT molecular complexity index is 644. The Balaban J connectivity index is 2.47. The molecule has 0 spiro atoms. The highest BCUT2D eigenvalue weighted by Crippen LogP contribution is 2.37. The SMILES string of the molecule is Cc1cc(Oc2cccc(Cl)c2Cl)c([C@H](C)N)cc1F. The molecule has 2 aromatic rings. The van der Waals surface area contributed by atoms with Gasteiger partial charge in [-0.25, -0.2) is 4.39 Å². The third-order valence-corrected chi connectivity index (χ3v) is 3.72. The van der Waals surface area contributed by atoms with Crippen molar-refractivity contribution < 1.29 is 9.13 Å². The Morgan fingerprint density at radius 3 is 2.55 bits per heavy atom. The molecule has 0 fully saturated rings. The molecule has 0 aliphatic carbocycles. The van der Waals surface area contributed by atoms with Gasteiger partial charge in [-0.15, -0.1) is 0 Å². The number of hydrogen-bond donors (Lipinski definition) is 1. The van der Waals surface area contributed by atoms with E-state index in [0.29, 0.717) is 32.7 Å². The summed E-state index contributed by atoms with van der Waals surface area (Å²) in [5.41, 5.74) is 6.90. The molecule has 0 saturated carbocycles. The van der Waals surface area contributed by atoms with E-state index in [2.05, 4.69) is 0 Å². The Morgan fingerprint density at radius 2 is 1.90 bits per heavy atom. The van der Waals surface area contributed by atoms with E-state index in [9.17, 15) is 4.39 Å². The average molecular weight is 314 g/mol. The summed E-state index contributed by atoms with van der Waals surface area (Å²) in [4.78, 5) is 0. The minimum atomic E-state index is -0.363. The second kappa shape index (κ2) is 6.00. The fourth-order valence-corrected chi connectivity index (χ4v) is 2.13. The lowest BCUT2D eigenvalue weighted by atomic mass is 10.1. The summed E-state index contributed by atoms with van der Waals surface area (Å²) in [5.74, 6) is 0.567. The predicted octanol–water partition coefficient (Wildman–Crippen LogP) is 5.25. The Hall–Kier alpha value is -1.29. The first-order valence-corrected chi connectivity index (χ1v) is 6.83. The number of hydrogen-bond acceptors (Lipinski definition) is 2. The number of halogens is 3. The summed E-state index contributed by atoms with van der Waals surface area (Å²) in [6.45, 7) is 3.42. The summed E-state index contributed by atoms with van der Waals surface area (Å²) >= 11 is 12.0. The van der Waals surface area contributed by atoms with Gasteiger partial charge in [0.2, 0.25) is 0 Å². The van der Waals surface area contributed by atoms with Gasteiger partial charge in [-0.05, 0) is 43.7 Å².